The normalized spacial score (nSPS) is 17.0. The first kappa shape index (κ1) is 26.3. The molecule has 0 saturated carbocycles. The number of halogens is 1. The number of carbonyl (C=O) groups excluding carboxylic acids is 2. The number of rotatable bonds is 7. The van der Waals surface area contributed by atoms with Crippen molar-refractivity contribution < 1.29 is 24.5 Å². The van der Waals surface area contributed by atoms with Crippen LogP contribution in [0, 0.1) is 0 Å². The van der Waals surface area contributed by atoms with Crippen LogP contribution in [0.4, 0.5) is 5.69 Å². The summed E-state index contributed by atoms with van der Waals surface area (Å²) in [5.74, 6) is -1.16. The van der Waals surface area contributed by atoms with Gasteiger partial charge in [-0.25, -0.2) is 0 Å². The lowest BCUT2D eigenvalue weighted by atomic mass is 9.93. The summed E-state index contributed by atoms with van der Waals surface area (Å²) in [5, 5.41) is 21.6. The Balaban J connectivity index is 1.93. The standard InChI is InChI=1S/C30H30ClNO5/c1-5-18-7-11-21(12-8-18)32-27(19-9-13-24(33)23(31)16-19)26(29(35)30(32)36)28(34)20-10-14-25(37-6-2)22(15-20)17(3)4/h7-17,27,33-34H,5-6H2,1-4H3/b28-26-. The number of benzene rings is 3. The van der Waals surface area contributed by atoms with E-state index in [-0.39, 0.29) is 28.0 Å². The summed E-state index contributed by atoms with van der Waals surface area (Å²) in [7, 11) is 0. The lowest BCUT2D eigenvalue weighted by Gasteiger charge is -2.26. The number of aliphatic hydroxyl groups is 1. The van der Waals surface area contributed by atoms with Crippen molar-refractivity contribution in [2.75, 3.05) is 11.5 Å². The molecule has 1 amide bonds. The van der Waals surface area contributed by atoms with Crippen LogP contribution in [0.2, 0.25) is 5.02 Å². The molecule has 0 bridgehead atoms. The van der Waals surface area contributed by atoms with E-state index in [1.165, 1.54) is 17.0 Å². The van der Waals surface area contributed by atoms with Gasteiger partial charge in [-0.1, -0.05) is 50.6 Å². The minimum atomic E-state index is -0.945. The van der Waals surface area contributed by atoms with E-state index in [9.17, 15) is 19.8 Å². The maximum absolute atomic E-state index is 13.4. The molecule has 192 valence electrons. The zero-order valence-electron chi connectivity index (χ0n) is 21.3. The molecule has 0 aromatic heterocycles. The van der Waals surface area contributed by atoms with E-state index >= 15 is 0 Å². The van der Waals surface area contributed by atoms with Gasteiger partial charge in [0.05, 0.1) is 23.2 Å². The van der Waals surface area contributed by atoms with Crippen LogP contribution in [-0.4, -0.2) is 28.5 Å². The molecular formula is C30H30ClNO5. The maximum atomic E-state index is 13.4. The molecule has 1 saturated heterocycles. The molecule has 1 aliphatic rings. The first-order chi connectivity index (χ1) is 17.7. The second kappa shape index (κ2) is 10.7. The number of hydrogen-bond acceptors (Lipinski definition) is 5. The summed E-state index contributed by atoms with van der Waals surface area (Å²) in [4.78, 5) is 28.2. The Kier molecular flexibility index (Phi) is 7.60. The van der Waals surface area contributed by atoms with Gasteiger partial charge < -0.3 is 14.9 Å². The molecule has 4 rings (SSSR count). The second-order valence-corrected chi connectivity index (χ2v) is 9.65. The van der Waals surface area contributed by atoms with Gasteiger partial charge in [0, 0.05) is 11.3 Å². The molecule has 0 spiro atoms. The fourth-order valence-electron chi connectivity index (χ4n) is 4.59. The van der Waals surface area contributed by atoms with Gasteiger partial charge in [-0.05, 0) is 78.4 Å². The first-order valence-corrected chi connectivity index (χ1v) is 12.7. The Bertz CT molecular complexity index is 1380. The molecular weight excluding hydrogens is 490 g/mol. The molecule has 1 heterocycles. The van der Waals surface area contributed by atoms with E-state index in [1.54, 1.807) is 36.4 Å². The van der Waals surface area contributed by atoms with Crippen molar-refractivity contribution in [1.82, 2.24) is 0 Å². The molecule has 6 nitrogen and oxygen atoms in total. The van der Waals surface area contributed by atoms with Gasteiger partial charge >= 0.3 is 0 Å². The maximum Gasteiger partial charge on any atom is 0.300 e. The molecule has 1 aliphatic heterocycles. The van der Waals surface area contributed by atoms with Crippen molar-refractivity contribution in [3.63, 3.8) is 0 Å². The van der Waals surface area contributed by atoms with Crippen LogP contribution in [-0.2, 0) is 16.0 Å². The number of nitrogens with zero attached hydrogens (tertiary/aromatic N) is 1. The third-order valence-electron chi connectivity index (χ3n) is 6.56. The van der Waals surface area contributed by atoms with E-state index in [0.717, 1.165) is 17.5 Å². The van der Waals surface area contributed by atoms with Crippen molar-refractivity contribution in [3.05, 3.63) is 93.5 Å². The van der Waals surface area contributed by atoms with E-state index < -0.39 is 17.7 Å². The second-order valence-electron chi connectivity index (χ2n) is 9.24. The number of phenols is 1. The van der Waals surface area contributed by atoms with Crippen LogP contribution in [0.25, 0.3) is 5.76 Å². The summed E-state index contributed by atoms with van der Waals surface area (Å²) < 4.78 is 5.74. The molecule has 7 heteroatoms. The minimum Gasteiger partial charge on any atom is -0.507 e. The summed E-state index contributed by atoms with van der Waals surface area (Å²) in [6.07, 6.45) is 0.825. The zero-order valence-corrected chi connectivity index (χ0v) is 22.0. The number of aromatic hydroxyl groups is 1. The highest BCUT2D eigenvalue weighted by Crippen LogP contribution is 2.44. The number of ketones is 1. The predicted octanol–water partition coefficient (Wildman–Crippen LogP) is 6.76. The van der Waals surface area contributed by atoms with Crippen LogP contribution in [0.5, 0.6) is 11.5 Å². The Hall–Kier alpha value is -3.77. The highest BCUT2D eigenvalue weighted by Gasteiger charge is 2.47. The van der Waals surface area contributed by atoms with Gasteiger partial charge in [0.2, 0.25) is 0 Å². The molecule has 0 radical (unpaired) electrons. The predicted molar refractivity (Wildman–Crippen MR) is 145 cm³/mol. The largest absolute Gasteiger partial charge is 0.507 e. The molecule has 2 N–H and O–H groups in total. The topological polar surface area (TPSA) is 87.1 Å². The van der Waals surface area contributed by atoms with E-state index in [2.05, 4.69) is 0 Å². The van der Waals surface area contributed by atoms with Gasteiger partial charge in [-0.2, -0.15) is 0 Å². The zero-order chi connectivity index (χ0) is 26.9. The number of ether oxygens (including phenoxy) is 1. The number of amides is 1. The Labute approximate surface area is 221 Å². The minimum absolute atomic E-state index is 0.0507. The SMILES string of the molecule is CCOc1ccc(/C(O)=C2/C(=O)C(=O)N(c3ccc(CC)cc3)C2c2ccc(O)c(Cl)c2)cc1C(C)C. The summed E-state index contributed by atoms with van der Waals surface area (Å²) in [5.41, 5.74) is 3.31. The molecule has 1 fully saturated rings. The average molecular weight is 520 g/mol. The van der Waals surface area contributed by atoms with Crippen LogP contribution < -0.4 is 9.64 Å². The number of aliphatic hydroxyl groups excluding tert-OH is 1. The van der Waals surface area contributed by atoms with Gasteiger partial charge in [-0.15, -0.1) is 0 Å². The lowest BCUT2D eigenvalue weighted by molar-refractivity contribution is -0.132. The highest BCUT2D eigenvalue weighted by atomic mass is 35.5. The highest BCUT2D eigenvalue weighted by molar-refractivity contribution is 6.51. The van der Waals surface area contributed by atoms with Gasteiger partial charge in [0.15, 0.2) is 0 Å². The molecule has 3 aromatic carbocycles. The van der Waals surface area contributed by atoms with Crippen molar-refractivity contribution in [2.45, 2.75) is 46.1 Å². The van der Waals surface area contributed by atoms with E-state index in [4.69, 9.17) is 16.3 Å². The lowest BCUT2D eigenvalue weighted by Crippen LogP contribution is -2.29. The van der Waals surface area contributed by atoms with Gasteiger partial charge in [-0.3, -0.25) is 14.5 Å². The van der Waals surface area contributed by atoms with Crippen molar-refractivity contribution in [1.29, 1.82) is 0 Å². The van der Waals surface area contributed by atoms with E-state index in [1.807, 2.05) is 39.8 Å². The smallest absolute Gasteiger partial charge is 0.300 e. The molecule has 0 aliphatic carbocycles. The third-order valence-corrected chi connectivity index (χ3v) is 6.86. The molecule has 1 atom stereocenters. The number of hydrogen-bond donors (Lipinski definition) is 2. The summed E-state index contributed by atoms with van der Waals surface area (Å²) in [6, 6.07) is 16.2. The average Bonchev–Trinajstić information content (AvgIpc) is 3.15. The van der Waals surface area contributed by atoms with Crippen LogP contribution in [0.1, 0.15) is 61.9 Å². The van der Waals surface area contributed by atoms with Crippen LogP contribution >= 0.6 is 11.6 Å². The Morgan fingerprint density at radius 1 is 1.03 bits per heavy atom. The number of Topliss-reactive ketones (excluding diaryl/α,β-unsaturated/α-hetero) is 1. The quantitative estimate of drug-likeness (QED) is 0.205. The van der Waals surface area contributed by atoms with Crippen LogP contribution in [0.3, 0.4) is 0 Å². The fraction of sp³-hybridized carbons (Fsp3) is 0.267. The van der Waals surface area contributed by atoms with Crippen molar-refractivity contribution >= 4 is 34.7 Å². The Morgan fingerprint density at radius 2 is 1.73 bits per heavy atom. The van der Waals surface area contributed by atoms with Crippen molar-refractivity contribution in [2.24, 2.45) is 0 Å². The molecule has 1 unspecified atom stereocenters. The summed E-state index contributed by atoms with van der Waals surface area (Å²) in [6.45, 7) is 8.45. The summed E-state index contributed by atoms with van der Waals surface area (Å²) >= 11 is 6.21. The fourth-order valence-corrected chi connectivity index (χ4v) is 4.78. The van der Waals surface area contributed by atoms with Gasteiger partial charge in [0.1, 0.15) is 17.3 Å². The van der Waals surface area contributed by atoms with Crippen LogP contribution in [0.15, 0.2) is 66.2 Å². The van der Waals surface area contributed by atoms with E-state index in [0.29, 0.717) is 29.2 Å². The Morgan fingerprint density at radius 3 is 2.32 bits per heavy atom. The number of carbonyl (C=O) groups is 2. The van der Waals surface area contributed by atoms with Gasteiger partial charge in [0.25, 0.3) is 11.7 Å². The molecule has 37 heavy (non-hydrogen) atoms. The monoisotopic (exact) mass is 519 g/mol. The third kappa shape index (κ3) is 4.94. The van der Waals surface area contributed by atoms with Crippen molar-refractivity contribution in [3.8, 4) is 11.5 Å². The number of aryl methyl sites for hydroxylation is 1. The number of anilines is 1. The first-order valence-electron chi connectivity index (χ1n) is 12.3. The number of phenolic OH excluding ortho intramolecular Hbond substituents is 1. The molecule has 3 aromatic rings.